The summed E-state index contributed by atoms with van der Waals surface area (Å²) in [6.07, 6.45) is 2.54. The molecule has 0 heterocycles. The summed E-state index contributed by atoms with van der Waals surface area (Å²) in [6.45, 7) is 7.63. The van der Waals surface area contributed by atoms with Gasteiger partial charge in [0.1, 0.15) is 0 Å². The smallest absolute Gasteiger partial charge is 0.0719 e. The van der Waals surface area contributed by atoms with Gasteiger partial charge in [-0.3, -0.25) is 0 Å². The van der Waals surface area contributed by atoms with Crippen molar-refractivity contribution in [2.75, 3.05) is 0 Å². The lowest BCUT2D eigenvalue weighted by Crippen LogP contribution is -2.30. The standard InChI is InChI=1S/C13H18O/c1-4-12(13(3,14)5-2)11-9-7-6-8-10-11/h4,6-10,12,14H,1,5H2,2-3H3. The molecule has 2 atom stereocenters. The van der Waals surface area contributed by atoms with Gasteiger partial charge in [-0.2, -0.15) is 0 Å². The number of hydrogen-bond acceptors (Lipinski definition) is 1. The first kappa shape index (κ1) is 11.0. The van der Waals surface area contributed by atoms with Crippen molar-refractivity contribution in [2.45, 2.75) is 31.8 Å². The van der Waals surface area contributed by atoms with Gasteiger partial charge in [0.25, 0.3) is 0 Å². The van der Waals surface area contributed by atoms with Gasteiger partial charge < -0.3 is 5.11 Å². The van der Waals surface area contributed by atoms with E-state index in [9.17, 15) is 5.11 Å². The average molecular weight is 190 g/mol. The molecule has 0 aliphatic heterocycles. The maximum Gasteiger partial charge on any atom is 0.0719 e. The Bertz CT molecular complexity index is 287. The molecule has 0 radical (unpaired) electrons. The van der Waals surface area contributed by atoms with Gasteiger partial charge in [-0.25, -0.2) is 0 Å². The van der Waals surface area contributed by atoms with Crippen molar-refractivity contribution in [1.29, 1.82) is 0 Å². The van der Waals surface area contributed by atoms with Gasteiger partial charge in [-0.05, 0) is 18.9 Å². The minimum absolute atomic E-state index is 0.00806. The Hall–Kier alpha value is -1.08. The molecule has 1 N–H and O–H groups in total. The van der Waals surface area contributed by atoms with E-state index in [0.717, 1.165) is 12.0 Å². The van der Waals surface area contributed by atoms with Gasteiger partial charge in [0, 0.05) is 5.92 Å². The van der Waals surface area contributed by atoms with Crippen LogP contribution in [0.2, 0.25) is 0 Å². The summed E-state index contributed by atoms with van der Waals surface area (Å²) in [7, 11) is 0. The highest BCUT2D eigenvalue weighted by atomic mass is 16.3. The van der Waals surface area contributed by atoms with Gasteiger partial charge in [0.15, 0.2) is 0 Å². The van der Waals surface area contributed by atoms with Gasteiger partial charge in [-0.15, -0.1) is 6.58 Å². The summed E-state index contributed by atoms with van der Waals surface area (Å²) in [5.74, 6) is 0.00806. The van der Waals surface area contributed by atoms with Crippen molar-refractivity contribution in [3.63, 3.8) is 0 Å². The van der Waals surface area contributed by atoms with Crippen LogP contribution >= 0.6 is 0 Å². The molecule has 1 aromatic rings. The Morgan fingerprint density at radius 2 is 2.00 bits per heavy atom. The van der Waals surface area contributed by atoms with Crippen molar-refractivity contribution >= 4 is 0 Å². The number of hydrogen-bond donors (Lipinski definition) is 1. The molecule has 1 heteroatoms. The van der Waals surface area contributed by atoms with Gasteiger partial charge >= 0.3 is 0 Å². The number of rotatable bonds is 4. The first-order chi connectivity index (χ1) is 6.61. The normalized spacial score (nSPS) is 17.1. The molecule has 0 saturated carbocycles. The molecule has 0 saturated heterocycles. The molecule has 76 valence electrons. The van der Waals surface area contributed by atoms with Crippen LogP contribution in [-0.2, 0) is 0 Å². The van der Waals surface area contributed by atoms with Crippen molar-refractivity contribution in [2.24, 2.45) is 0 Å². The zero-order valence-electron chi connectivity index (χ0n) is 8.90. The molecule has 2 unspecified atom stereocenters. The molecule has 0 spiro atoms. The van der Waals surface area contributed by atoms with Crippen molar-refractivity contribution < 1.29 is 5.11 Å². The summed E-state index contributed by atoms with van der Waals surface area (Å²) < 4.78 is 0. The van der Waals surface area contributed by atoms with E-state index in [2.05, 4.69) is 6.58 Å². The van der Waals surface area contributed by atoms with Crippen molar-refractivity contribution in [3.05, 3.63) is 48.6 Å². The van der Waals surface area contributed by atoms with Crippen LogP contribution in [0.25, 0.3) is 0 Å². The molecule has 14 heavy (non-hydrogen) atoms. The Morgan fingerprint density at radius 1 is 1.43 bits per heavy atom. The minimum Gasteiger partial charge on any atom is -0.389 e. The molecule has 0 fully saturated rings. The quantitative estimate of drug-likeness (QED) is 0.723. The number of benzene rings is 1. The molecule has 0 aliphatic carbocycles. The summed E-state index contributed by atoms with van der Waals surface area (Å²) in [6, 6.07) is 9.99. The largest absolute Gasteiger partial charge is 0.389 e. The molecule has 1 aromatic carbocycles. The van der Waals surface area contributed by atoms with Crippen LogP contribution in [-0.4, -0.2) is 10.7 Å². The molecule has 0 bridgehead atoms. The summed E-state index contributed by atoms with van der Waals surface area (Å²) in [4.78, 5) is 0. The third-order valence-corrected chi connectivity index (χ3v) is 2.78. The second-order valence-electron chi connectivity index (χ2n) is 3.83. The van der Waals surface area contributed by atoms with Crippen LogP contribution in [0.15, 0.2) is 43.0 Å². The van der Waals surface area contributed by atoms with Crippen molar-refractivity contribution in [3.8, 4) is 0 Å². The van der Waals surface area contributed by atoms with E-state index in [1.807, 2.05) is 50.3 Å². The first-order valence-corrected chi connectivity index (χ1v) is 5.01. The monoisotopic (exact) mass is 190 g/mol. The molecular formula is C13H18O. The van der Waals surface area contributed by atoms with E-state index in [-0.39, 0.29) is 5.92 Å². The fraction of sp³-hybridized carbons (Fsp3) is 0.385. The fourth-order valence-electron chi connectivity index (χ4n) is 1.63. The van der Waals surface area contributed by atoms with Gasteiger partial charge in [0.05, 0.1) is 5.60 Å². The van der Waals surface area contributed by atoms with E-state index in [1.165, 1.54) is 0 Å². The highest BCUT2D eigenvalue weighted by molar-refractivity contribution is 5.26. The summed E-state index contributed by atoms with van der Waals surface area (Å²) >= 11 is 0. The lowest BCUT2D eigenvalue weighted by Gasteiger charge is -2.30. The Labute approximate surface area is 86.1 Å². The molecule has 0 amide bonds. The zero-order chi connectivity index (χ0) is 10.6. The highest BCUT2D eigenvalue weighted by Crippen LogP contribution is 2.31. The van der Waals surface area contributed by atoms with E-state index in [1.54, 1.807) is 0 Å². The van der Waals surface area contributed by atoms with Gasteiger partial charge in [-0.1, -0.05) is 43.3 Å². The maximum atomic E-state index is 10.2. The second-order valence-corrected chi connectivity index (χ2v) is 3.83. The number of aliphatic hydroxyl groups is 1. The Balaban J connectivity index is 2.99. The fourth-order valence-corrected chi connectivity index (χ4v) is 1.63. The second kappa shape index (κ2) is 4.43. The first-order valence-electron chi connectivity index (χ1n) is 5.01. The van der Waals surface area contributed by atoms with Crippen LogP contribution in [0.1, 0.15) is 31.7 Å². The predicted molar refractivity (Wildman–Crippen MR) is 60.3 cm³/mol. The molecular weight excluding hydrogens is 172 g/mol. The highest BCUT2D eigenvalue weighted by Gasteiger charge is 2.28. The van der Waals surface area contributed by atoms with Crippen LogP contribution in [0.5, 0.6) is 0 Å². The van der Waals surface area contributed by atoms with Crippen LogP contribution in [0.3, 0.4) is 0 Å². The lowest BCUT2D eigenvalue weighted by molar-refractivity contribution is 0.0412. The maximum absolute atomic E-state index is 10.2. The molecule has 1 rings (SSSR count). The average Bonchev–Trinajstić information content (AvgIpc) is 2.20. The van der Waals surface area contributed by atoms with Crippen LogP contribution in [0.4, 0.5) is 0 Å². The van der Waals surface area contributed by atoms with Crippen molar-refractivity contribution in [1.82, 2.24) is 0 Å². The third kappa shape index (κ3) is 2.24. The van der Waals surface area contributed by atoms with E-state index in [4.69, 9.17) is 0 Å². The lowest BCUT2D eigenvalue weighted by atomic mass is 9.82. The summed E-state index contributed by atoms with van der Waals surface area (Å²) in [5, 5.41) is 10.2. The Kier molecular flexibility index (Phi) is 3.48. The SMILES string of the molecule is C=CC(c1ccccc1)C(C)(O)CC. The van der Waals surface area contributed by atoms with Crippen LogP contribution in [0, 0.1) is 0 Å². The van der Waals surface area contributed by atoms with E-state index < -0.39 is 5.60 Å². The third-order valence-electron chi connectivity index (χ3n) is 2.78. The topological polar surface area (TPSA) is 20.2 Å². The van der Waals surface area contributed by atoms with Gasteiger partial charge in [0.2, 0.25) is 0 Å². The molecule has 0 aliphatic rings. The predicted octanol–water partition coefficient (Wildman–Crippen LogP) is 3.12. The van der Waals surface area contributed by atoms with E-state index in [0.29, 0.717) is 0 Å². The zero-order valence-corrected chi connectivity index (χ0v) is 8.90. The molecule has 1 nitrogen and oxygen atoms in total. The van der Waals surface area contributed by atoms with E-state index >= 15 is 0 Å². The summed E-state index contributed by atoms with van der Waals surface area (Å²) in [5.41, 5.74) is 0.415. The molecule has 0 aromatic heterocycles. The Morgan fingerprint density at radius 3 is 2.43 bits per heavy atom. The minimum atomic E-state index is -0.705. The van der Waals surface area contributed by atoms with Crippen LogP contribution < -0.4 is 0 Å².